The lowest BCUT2D eigenvalue weighted by Crippen LogP contribution is -2.37. The number of carbonyl (C=O) groups is 1. The Morgan fingerprint density at radius 2 is 2.06 bits per heavy atom. The largest absolute Gasteiger partial charge is 0.377 e. The molecule has 2 unspecified atom stereocenters. The van der Waals surface area contributed by atoms with Crippen LogP contribution in [0.2, 0.25) is 0 Å². The van der Waals surface area contributed by atoms with E-state index in [4.69, 9.17) is 10.5 Å². The molecule has 0 aromatic carbocycles. The smallest absolute Gasteiger partial charge is 0.220 e. The van der Waals surface area contributed by atoms with Gasteiger partial charge in [-0.25, -0.2) is 0 Å². The van der Waals surface area contributed by atoms with E-state index in [1.54, 1.807) is 0 Å². The molecule has 5 heteroatoms. The first-order valence-electron chi connectivity index (χ1n) is 6.73. The van der Waals surface area contributed by atoms with Crippen molar-refractivity contribution in [3.05, 3.63) is 0 Å². The number of amides is 1. The number of hydrogen-bond donors (Lipinski definition) is 2. The molecule has 0 aromatic heterocycles. The Labute approximate surface area is 116 Å². The number of halogens is 1. The van der Waals surface area contributed by atoms with E-state index < -0.39 is 0 Å². The topological polar surface area (TPSA) is 64.3 Å². The van der Waals surface area contributed by atoms with Crippen LogP contribution in [0.5, 0.6) is 0 Å². The summed E-state index contributed by atoms with van der Waals surface area (Å²) in [4.78, 5) is 11.7. The molecule has 0 bridgehead atoms. The van der Waals surface area contributed by atoms with Crippen LogP contribution in [0.3, 0.4) is 0 Å². The van der Waals surface area contributed by atoms with Crippen molar-refractivity contribution < 1.29 is 9.53 Å². The quantitative estimate of drug-likeness (QED) is 0.729. The fourth-order valence-corrected chi connectivity index (χ4v) is 2.29. The first-order valence-corrected chi connectivity index (χ1v) is 6.73. The Morgan fingerprint density at radius 1 is 1.39 bits per heavy atom. The van der Waals surface area contributed by atoms with Crippen molar-refractivity contribution in [2.45, 2.75) is 58.1 Å². The third kappa shape index (κ3) is 7.19. The van der Waals surface area contributed by atoms with E-state index in [1.807, 2.05) is 13.8 Å². The van der Waals surface area contributed by atoms with Crippen LogP contribution in [-0.2, 0) is 9.53 Å². The number of rotatable bonds is 6. The molecule has 0 saturated heterocycles. The zero-order valence-electron chi connectivity index (χ0n) is 11.5. The number of nitrogens with two attached hydrogens (primary N) is 1. The molecule has 0 radical (unpaired) electrons. The van der Waals surface area contributed by atoms with Gasteiger partial charge in [0.2, 0.25) is 5.91 Å². The van der Waals surface area contributed by atoms with Gasteiger partial charge < -0.3 is 15.8 Å². The average Bonchev–Trinajstić information content (AvgIpc) is 2.27. The van der Waals surface area contributed by atoms with Gasteiger partial charge >= 0.3 is 0 Å². The highest BCUT2D eigenvalue weighted by Gasteiger charge is 2.23. The maximum Gasteiger partial charge on any atom is 0.220 e. The molecule has 1 aliphatic carbocycles. The van der Waals surface area contributed by atoms with Crippen molar-refractivity contribution in [2.75, 3.05) is 13.2 Å². The Balaban J connectivity index is 0.00000289. The third-order valence-electron chi connectivity index (χ3n) is 3.29. The Kier molecular flexibility index (Phi) is 9.42. The van der Waals surface area contributed by atoms with Crippen LogP contribution in [0.15, 0.2) is 0 Å². The summed E-state index contributed by atoms with van der Waals surface area (Å²) >= 11 is 0. The number of nitrogens with one attached hydrogen (secondary N) is 1. The van der Waals surface area contributed by atoms with Gasteiger partial charge in [-0.05, 0) is 32.6 Å². The van der Waals surface area contributed by atoms with Crippen LogP contribution in [-0.4, -0.2) is 31.2 Å². The average molecular weight is 279 g/mol. The van der Waals surface area contributed by atoms with Gasteiger partial charge in [-0.3, -0.25) is 4.79 Å². The molecule has 3 N–H and O–H groups in total. The van der Waals surface area contributed by atoms with Crippen molar-refractivity contribution >= 4 is 18.3 Å². The normalized spacial score (nSPS) is 23.6. The molecule has 4 nitrogen and oxygen atoms in total. The van der Waals surface area contributed by atoms with Gasteiger partial charge in [0, 0.05) is 19.0 Å². The predicted molar refractivity (Wildman–Crippen MR) is 75.9 cm³/mol. The molecular weight excluding hydrogens is 252 g/mol. The highest BCUT2D eigenvalue weighted by molar-refractivity contribution is 5.85. The monoisotopic (exact) mass is 278 g/mol. The summed E-state index contributed by atoms with van der Waals surface area (Å²) in [7, 11) is 0. The van der Waals surface area contributed by atoms with Gasteiger partial charge in [0.25, 0.3) is 0 Å². The van der Waals surface area contributed by atoms with E-state index in [0.717, 1.165) is 12.8 Å². The molecule has 1 amide bonds. The summed E-state index contributed by atoms with van der Waals surface area (Å²) in [5.41, 5.74) is 6.02. The van der Waals surface area contributed by atoms with Crippen molar-refractivity contribution in [1.82, 2.24) is 5.32 Å². The standard InChI is InChI=1S/C13H26N2O2.ClH/c1-10(2)17-8-7-15-13(16)9-11-5-3-4-6-12(11)14;/h10-12H,3-9,14H2,1-2H3,(H,15,16);1H. The van der Waals surface area contributed by atoms with E-state index in [9.17, 15) is 4.79 Å². The number of carbonyl (C=O) groups excluding carboxylic acids is 1. The molecule has 0 heterocycles. The van der Waals surface area contributed by atoms with Crippen molar-refractivity contribution in [3.63, 3.8) is 0 Å². The summed E-state index contributed by atoms with van der Waals surface area (Å²) in [6.45, 7) is 5.16. The van der Waals surface area contributed by atoms with Gasteiger partial charge in [0.1, 0.15) is 0 Å². The first kappa shape index (κ1) is 17.7. The highest BCUT2D eigenvalue weighted by atomic mass is 35.5. The van der Waals surface area contributed by atoms with Gasteiger partial charge in [-0.15, -0.1) is 12.4 Å². The fourth-order valence-electron chi connectivity index (χ4n) is 2.29. The summed E-state index contributed by atoms with van der Waals surface area (Å²) in [5, 5.41) is 2.89. The maximum absolute atomic E-state index is 11.7. The lowest BCUT2D eigenvalue weighted by Gasteiger charge is -2.27. The fraction of sp³-hybridized carbons (Fsp3) is 0.923. The molecule has 1 rings (SSSR count). The Bertz CT molecular complexity index is 237. The third-order valence-corrected chi connectivity index (χ3v) is 3.29. The molecular formula is C13H27ClN2O2. The Morgan fingerprint density at radius 3 is 2.67 bits per heavy atom. The lowest BCUT2D eigenvalue weighted by atomic mass is 9.83. The van der Waals surface area contributed by atoms with Crippen LogP contribution >= 0.6 is 12.4 Å². The molecule has 108 valence electrons. The van der Waals surface area contributed by atoms with Crippen molar-refractivity contribution in [2.24, 2.45) is 11.7 Å². The molecule has 1 saturated carbocycles. The van der Waals surface area contributed by atoms with Crippen LogP contribution < -0.4 is 11.1 Å². The highest BCUT2D eigenvalue weighted by Crippen LogP contribution is 2.25. The van der Waals surface area contributed by atoms with Gasteiger partial charge in [-0.2, -0.15) is 0 Å². The SMILES string of the molecule is CC(C)OCCNC(=O)CC1CCCCC1N.Cl. The molecule has 1 aliphatic rings. The lowest BCUT2D eigenvalue weighted by molar-refractivity contribution is -0.122. The van der Waals surface area contributed by atoms with E-state index in [1.165, 1.54) is 12.8 Å². The molecule has 1 fully saturated rings. The summed E-state index contributed by atoms with van der Waals surface area (Å²) in [6, 6.07) is 0.210. The van der Waals surface area contributed by atoms with E-state index >= 15 is 0 Å². The number of hydrogen-bond acceptors (Lipinski definition) is 3. The van der Waals surface area contributed by atoms with E-state index in [-0.39, 0.29) is 30.5 Å². The first-order chi connectivity index (χ1) is 8.09. The minimum absolute atomic E-state index is 0. The number of ether oxygens (including phenoxy) is 1. The predicted octanol–water partition coefficient (Wildman–Crippen LogP) is 1.86. The molecule has 18 heavy (non-hydrogen) atoms. The van der Waals surface area contributed by atoms with Gasteiger partial charge in [0.05, 0.1) is 12.7 Å². The van der Waals surface area contributed by atoms with Crippen LogP contribution in [0.1, 0.15) is 46.0 Å². The van der Waals surface area contributed by atoms with Crippen molar-refractivity contribution in [3.8, 4) is 0 Å². The second kappa shape index (κ2) is 9.59. The van der Waals surface area contributed by atoms with Crippen LogP contribution in [0, 0.1) is 5.92 Å². The van der Waals surface area contributed by atoms with E-state index in [2.05, 4.69) is 5.32 Å². The summed E-state index contributed by atoms with van der Waals surface area (Å²) in [6.07, 6.45) is 5.37. The maximum atomic E-state index is 11.7. The minimum atomic E-state index is 0. The zero-order valence-corrected chi connectivity index (χ0v) is 12.3. The van der Waals surface area contributed by atoms with Crippen molar-refractivity contribution in [1.29, 1.82) is 0 Å². The molecule has 0 aromatic rings. The molecule has 2 atom stereocenters. The second-order valence-electron chi connectivity index (χ2n) is 5.18. The molecule has 0 spiro atoms. The second-order valence-corrected chi connectivity index (χ2v) is 5.18. The summed E-state index contributed by atoms with van der Waals surface area (Å²) < 4.78 is 5.36. The van der Waals surface area contributed by atoms with Crippen LogP contribution in [0.25, 0.3) is 0 Å². The minimum Gasteiger partial charge on any atom is -0.377 e. The van der Waals surface area contributed by atoms with Gasteiger partial charge in [-0.1, -0.05) is 12.8 Å². The molecule has 0 aliphatic heterocycles. The van der Waals surface area contributed by atoms with Gasteiger partial charge in [0.15, 0.2) is 0 Å². The van der Waals surface area contributed by atoms with Crippen LogP contribution in [0.4, 0.5) is 0 Å². The zero-order chi connectivity index (χ0) is 12.7. The van der Waals surface area contributed by atoms with E-state index in [0.29, 0.717) is 25.5 Å². The summed E-state index contributed by atoms with van der Waals surface area (Å²) in [5.74, 6) is 0.481. The Hall–Kier alpha value is -0.320.